The third-order valence-corrected chi connectivity index (χ3v) is 2.02. The average molecular weight is 191 g/mol. The van der Waals surface area contributed by atoms with E-state index >= 15 is 0 Å². The fourth-order valence-electron chi connectivity index (χ4n) is 1.11. The molecule has 1 rings (SSSR count). The zero-order valence-electron chi connectivity index (χ0n) is 8.75. The van der Waals surface area contributed by atoms with E-state index in [1.54, 1.807) is 0 Å². The van der Waals surface area contributed by atoms with Gasteiger partial charge in [0.15, 0.2) is 0 Å². The highest BCUT2D eigenvalue weighted by Crippen LogP contribution is 2.10. The summed E-state index contributed by atoms with van der Waals surface area (Å²) in [6.07, 6.45) is 7.01. The summed E-state index contributed by atoms with van der Waals surface area (Å²) < 4.78 is 0. The maximum atomic E-state index is 5.74. The fraction of sp³-hybridized carbons (Fsp3) is 0.364. The number of hydrogen-bond donors (Lipinski definition) is 2. The Balaban J connectivity index is 2.59. The van der Waals surface area contributed by atoms with Crippen LogP contribution in [0.3, 0.4) is 0 Å². The van der Waals surface area contributed by atoms with Crippen molar-refractivity contribution in [2.24, 2.45) is 0 Å². The topological polar surface area (TPSA) is 50.9 Å². The van der Waals surface area contributed by atoms with Gasteiger partial charge < -0.3 is 11.1 Å². The molecule has 0 aliphatic heterocycles. The predicted octanol–water partition coefficient (Wildman–Crippen LogP) is 1.59. The number of pyridine rings is 1. The molecule has 1 aromatic heterocycles. The first kappa shape index (κ1) is 10.7. The number of hydrogen-bond acceptors (Lipinski definition) is 3. The zero-order chi connectivity index (χ0) is 10.4. The van der Waals surface area contributed by atoms with Gasteiger partial charge in [0.25, 0.3) is 0 Å². The normalized spacial score (nSPS) is 11.0. The van der Waals surface area contributed by atoms with E-state index in [9.17, 15) is 0 Å². The van der Waals surface area contributed by atoms with Crippen LogP contribution < -0.4 is 11.1 Å². The Labute approximate surface area is 85.0 Å². The summed E-state index contributed by atoms with van der Waals surface area (Å²) in [5.41, 5.74) is 8.44. The molecule has 0 atom stereocenters. The maximum Gasteiger partial charge on any atom is 0.0602 e. The Hall–Kier alpha value is -1.35. The Morgan fingerprint density at radius 2 is 2.36 bits per heavy atom. The number of nitrogens with one attached hydrogen (secondary N) is 1. The van der Waals surface area contributed by atoms with Gasteiger partial charge >= 0.3 is 0 Å². The van der Waals surface area contributed by atoms with E-state index in [0.29, 0.717) is 0 Å². The predicted molar refractivity (Wildman–Crippen MR) is 61.0 cm³/mol. The first-order valence-corrected chi connectivity index (χ1v) is 4.77. The minimum atomic E-state index is 0.751. The third-order valence-electron chi connectivity index (χ3n) is 2.02. The van der Waals surface area contributed by atoms with Crippen LogP contribution in [-0.4, -0.2) is 18.6 Å². The molecule has 1 aromatic rings. The molecular weight excluding hydrogens is 174 g/mol. The molecule has 3 heteroatoms. The Bertz CT molecular complexity index is 318. The number of aromatic nitrogens is 1. The fourth-order valence-corrected chi connectivity index (χ4v) is 1.11. The summed E-state index contributed by atoms with van der Waals surface area (Å²) in [6, 6.07) is 1.94. The lowest BCUT2D eigenvalue weighted by Crippen LogP contribution is -2.05. The molecule has 76 valence electrons. The van der Waals surface area contributed by atoms with Crippen LogP contribution in [0.4, 0.5) is 5.69 Å². The molecular formula is C11H17N3. The highest BCUT2D eigenvalue weighted by molar-refractivity contribution is 5.55. The van der Waals surface area contributed by atoms with Crippen LogP contribution in [0.25, 0.3) is 6.08 Å². The summed E-state index contributed by atoms with van der Waals surface area (Å²) in [4.78, 5) is 4.19. The van der Waals surface area contributed by atoms with Gasteiger partial charge in [-0.25, -0.2) is 0 Å². The van der Waals surface area contributed by atoms with E-state index in [1.807, 2.05) is 32.3 Å². The lowest BCUT2D eigenvalue weighted by Gasteiger charge is -1.99. The molecule has 0 saturated carbocycles. The summed E-state index contributed by atoms with van der Waals surface area (Å²) in [5.74, 6) is 0. The van der Waals surface area contributed by atoms with Crippen molar-refractivity contribution < 1.29 is 0 Å². The second-order valence-corrected chi connectivity index (χ2v) is 3.24. The molecule has 3 N–H and O–H groups in total. The van der Waals surface area contributed by atoms with Crippen LogP contribution in [0.5, 0.6) is 0 Å². The molecule has 3 nitrogen and oxygen atoms in total. The minimum absolute atomic E-state index is 0.751. The van der Waals surface area contributed by atoms with Crippen molar-refractivity contribution in [1.29, 1.82) is 0 Å². The molecule has 0 spiro atoms. The van der Waals surface area contributed by atoms with E-state index in [0.717, 1.165) is 29.9 Å². The van der Waals surface area contributed by atoms with Crippen molar-refractivity contribution in [1.82, 2.24) is 10.3 Å². The van der Waals surface area contributed by atoms with Gasteiger partial charge in [-0.05, 0) is 38.6 Å². The molecule has 0 radical (unpaired) electrons. The molecule has 0 amide bonds. The number of anilines is 1. The molecule has 0 aliphatic rings. The molecule has 0 bridgehead atoms. The number of nitrogen functional groups attached to an aromatic ring is 1. The van der Waals surface area contributed by atoms with Crippen LogP contribution in [0.1, 0.15) is 17.7 Å². The van der Waals surface area contributed by atoms with Crippen molar-refractivity contribution in [3.05, 3.63) is 29.6 Å². The summed E-state index contributed by atoms with van der Waals surface area (Å²) in [5, 5.41) is 3.08. The second kappa shape index (κ2) is 5.40. The number of nitrogens with zero attached hydrogens (tertiary/aromatic N) is 1. The van der Waals surface area contributed by atoms with Crippen molar-refractivity contribution in [3.8, 4) is 0 Å². The highest BCUT2D eigenvalue weighted by atomic mass is 14.8. The van der Waals surface area contributed by atoms with Gasteiger partial charge in [-0.2, -0.15) is 0 Å². The monoisotopic (exact) mass is 191 g/mol. The Morgan fingerprint density at radius 1 is 1.57 bits per heavy atom. The van der Waals surface area contributed by atoms with Crippen LogP contribution in [0, 0.1) is 6.92 Å². The molecule has 0 aromatic carbocycles. The summed E-state index contributed by atoms with van der Waals surface area (Å²) >= 11 is 0. The van der Waals surface area contributed by atoms with E-state index in [1.165, 1.54) is 0 Å². The average Bonchev–Trinajstić information content (AvgIpc) is 2.18. The quantitative estimate of drug-likeness (QED) is 0.711. The van der Waals surface area contributed by atoms with Crippen molar-refractivity contribution in [2.75, 3.05) is 19.3 Å². The van der Waals surface area contributed by atoms with Crippen molar-refractivity contribution >= 4 is 11.8 Å². The Morgan fingerprint density at radius 3 is 3.00 bits per heavy atom. The summed E-state index contributed by atoms with van der Waals surface area (Å²) in [7, 11) is 1.94. The third kappa shape index (κ3) is 3.18. The van der Waals surface area contributed by atoms with Crippen LogP contribution >= 0.6 is 0 Å². The van der Waals surface area contributed by atoms with Crippen molar-refractivity contribution in [2.45, 2.75) is 13.3 Å². The van der Waals surface area contributed by atoms with Gasteiger partial charge in [0.1, 0.15) is 0 Å². The first-order chi connectivity index (χ1) is 6.74. The van der Waals surface area contributed by atoms with Crippen LogP contribution in [0.15, 0.2) is 18.3 Å². The summed E-state index contributed by atoms with van der Waals surface area (Å²) in [6.45, 7) is 2.90. The van der Waals surface area contributed by atoms with Gasteiger partial charge in [0.05, 0.1) is 11.4 Å². The first-order valence-electron chi connectivity index (χ1n) is 4.77. The van der Waals surface area contributed by atoms with Crippen molar-refractivity contribution in [3.63, 3.8) is 0 Å². The van der Waals surface area contributed by atoms with Gasteiger partial charge in [-0.15, -0.1) is 0 Å². The van der Waals surface area contributed by atoms with Crippen LogP contribution in [0.2, 0.25) is 0 Å². The van der Waals surface area contributed by atoms with E-state index in [-0.39, 0.29) is 0 Å². The molecule has 0 saturated heterocycles. The second-order valence-electron chi connectivity index (χ2n) is 3.24. The lowest BCUT2D eigenvalue weighted by atomic mass is 10.2. The number of rotatable bonds is 4. The largest absolute Gasteiger partial charge is 0.397 e. The van der Waals surface area contributed by atoms with E-state index in [4.69, 9.17) is 5.73 Å². The van der Waals surface area contributed by atoms with E-state index < -0.39 is 0 Å². The highest BCUT2D eigenvalue weighted by Gasteiger charge is 1.94. The SMILES string of the molecule is CNCCC=Cc1cnc(C)c(N)c1. The van der Waals surface area contributed by atoms with Gasteiger partial charge in [0, 0.05) is 6.20 Å². The maximum absolute atomic E-state index is 5.74. The van der Waals surface area contributed by atoms with Gasteiger partial charge in [-0.3, -0.25) is 4.98 Å². The van der Waals surface area contributed by atoms with Gasteiger partial charge in [-0.1, -0.05) is 12.2 Å². The molecule has 14 heavy (non-hydrogen) atoms. The molecule has 1 heterocycles. The molecule has 0 fully saturated rings. The molecule has 0 unspecified atom stereocenters. The molecule has 0 aliphatic carbocycles. The van der Waals surface area contributed by atoms with E-state index in [2.05, 4.69) is 16.4 Å². The minimum Gasteiger partial charge on any atom is -0.397 e. The Kier molecular flexibility index (Phi) is 4.13. The number of aryl methyl sites for hydroxylation is 1. The van der Waals surface area contributed by atoms with Crippen LogP contribution in [-0.2, 0) is 0 Å². The van der Waals surface area contributed by atoms with Gasteiger partial charge in [0.2, 0.25) is 0 Å². The standard InChI is InChI=1S/C11H17N3/c1-9-11(12)7-10(8-14-9)5-3-4-6-13-2/h3,5,7-8,13H,4,6,12H2,1-2H3. The number of nitrogens with two attached hydrogens (primary N) is 1. The zero-order valence-corrected chi connectivity index (χ0v) is 8.75. The lowest BCUT2D eigenvalue weighted by molar-refractivity contribution is 0.809. The smallest absolute Gasteiger partial charge is 0.0602 e.